The maximum absolute atomic E-state index is 13.0. The van der Waals surface area contributed by atoms with Crippen LogP contribution in [0.2, 0.25) is 0 Å². The predicted molar refractivity (Wildman–Crippen MR) is 133 cm³/mol. The van der Waals surface area contributed by atoms with Crippen LogP contribution in [-0.2, 0) is 19.6 Å². The van der Waals surface area contributed by atoms with Gasteiger partial charge in [-0.05, 0) is 38.1 Å². The van der Waals surface area contributed by atoms with E-state index in [1.54, 1.807) is 49.4 Å². The number of nitrogens with one attached hydrogen (secondary N) is 3. The normalized spacial score (nSPS) is 11.0. The number of aryl methyl sites for hydroxylation is 1. The van der Waals surface area contributed by atoms with E-state index in [1.165, 1.54) is 12.1 Å². The van der Waals surface area contributed by atoms with Gasteiger partial charge in [0, 0.05) is 5.69 Å². The first kappa shape index (κ1) is 25.9. The molecule has 12 heteroatoms. The van der Waals surface area contributed by atoms with E-state index in [0.717, 1.165) is 16.9 Å². The SMILES string of the molecule is CCOC(=O)CC(=O)c1sc(Nc2ccccc2)c(C(=O)NNS(=O)(=O)c2ccc(C)cc2)c1N. The van der Waals surface area contributed by atoms with E-state index >= 15 is 0 Å². The number of anilines is 3. The number of hydrogen-bond donors (Lipinski definition) is 4. The molecule has 0 unspecified atom stereocenters. The van der Waals surface area contributed by atoms with Crippen LogP contribution in [-0.4, -0.2) is 32.7 Å². The highest BCUT2D eigenvalue weighted by Crippen LogP contribution is 2.38. The Kier molecular flexibility index (Phi) is 8.22. The number of esters is 1. The van der Waals surface area contributed by atoms with Crippen LogP contribution in [0.5, 0.6) is 0 Å². The van der Waals surface area contributed by atoms with Crippen molar-refractivity contribution in [1.82, 2.24) is 10.3 Å². The summed E-state index contributed by atoms with van der Waals surface area (Å²) in [4.78, 5) is 39.4. The van der Waals surface area contributed by atoms with Crippen LogP contribution >= 0.6 is 11.3 Å². The lowest BCUT2D eigenvalue weighted by molar-refractivity contribution is -0.141. The summed E-state index contributed by atoms with van der Waals surface area (Å²) in [6, 6.07) is 14.8. The molecule has 0 aliphatic rings. The van der Waals surface area contributed by atoms with Gasteiger partial charge in [0.25, 0.3) is 15.9 Å². The molecule has 184 valence electrons. The average Bonchev–Trinajstić information content (AvgIpc) is 3.14. The monoisotopic (exact) mass is 516 g/mol. The molecule has 0 atom stereocenters. The second kappa shape index (κ2) is 11.1. The molecule has 3 rings (SSSR count). The number of nitrogens with two attached hydrogens (primary N) is 1. The summed E-state index contributed by atoms with van der Waals surface area (Å²) >= 11 is 0.877. The van der Waals surface area contributed by atoms with E-state index in [-0.39, 0.29) is 32.6 Å². The lowest BCUT2D eigenvalue weighted by atomic mass is 10.1. The summed E-state index contributed by atoms with van der Waals surface area (Å²) in [5.74, 6) is -2.23. The first-order valence-corrected chi connectivity index (χ1v) is 12.7. The maximum Gasteiger partial charge on any atom is 0.313 e. The molecule has 2 aromatic carbocycles. The van der Waals surface area contributed by atoms with Crippen molar-refractivity contribution in [2.24, 2.45) is 0 Å². The third-order valence-corrected chi connectivity index (χ3v) is 7.12. The summed E-state index contributed by atoms with van der Waals surface area (Å²) in [6.07, 6.45) is -0.551. The Hall–Kier alpha value is -3.74. The number of ketones is 1. The van der Waals surface area contributed by atoms with Crippen LogP contribution in [0.3, 0.4) is 0 Å². The van der Waals surface area contributed by atoms with Crippen LogP contribution in [0.25, 0.3) is 0 Å². The van der Waals surface area contributed by atoms with Crippen molar-refractivity contribution in [2.45, 2.75) is 25.2 Å². The number of thiophene rings is 1. The van der Waals surface area contributed by atoms with Gasteiger partial charge >= 0.3 is 5.97 Å². The third kappa shape index (κ3) is 6.44. The Balaban J connectivity index is 1.89. The number of ether oxygens (including phenoxy) is 1. The number of para-hydroxylation sites is 1. The number of rotatable bonds is 10. The van der Waals surface area contributed by atoms with Crippen LogP contribution in [0.15, 0.2) is 59.5 Å². The molecule has 1 heterocycles. The first-order chi connectivity index (χ1) is 16.6. The number of carbonyl (C=O) groups excluding carboxylic acids is 3. The molecule has 0 spiro atoms. The fraction of sp³-hybridized carbons (Fsp3) is 0.174. The van der Waals surface area contributed by atoms with E-state index < -0.39 is 34.1 Å². The van der Waals surface area contributed by atoms with Crippen LogP contribution in [0.1, 0.15) is 38.9 Å². The number of benzene rings is 2. The number of nitrogen functional groups attached to an aromatic ring is 1. The highest BCUT2D eigenvalue weighted by molar-refractivity contribution is 7.89. The van der Waals surface area contributed by atoms with Gasteiger partial charge in [0.2, 0.25) is 0 Å². The lowest BCUT2D eigenvalue weighted by Gasteiger charge is -2.11. The van der Waals surface area contributed by atoms with Gasteiger partial charge in [0.05, 0.1) is 27.6 Å². The second-order valence-electron chi connectivity index (χ2n) is 7.32. The van der Waals surface area contributed by atoms with Gasteiger partial charge < -0.3 is 15.8 Å². The van der Waals surface area contributed by atoms with Crippen molar-refractivity contribution in [3.63, 3.8) is 0 Å². The smallest absolute Gasteiger partial charge is 0.313 e. The Morgan fingerprint density at radius 2 is 1.69 bits per heavy atom. The zero-order valence-corrected chi connectivity index (χ0v) is 20.6. The number of hydrazine groups is 1. The Labute approximate surface area is 206 Å². The Bertz CT molecular complexity index is 1340. The van der Waals surface area contributed by atoms with Crippen molar-refractivity contribution in [1.29, 1.82) is 0 Å². The molecule has 5 N–H and O–H groups in total. The Morgan fingerprint density at radius 1 is 1.03 bits per heavy atom. The summed E-state index contributed by atoms with van der Waals surface area (Å²) in [5, 5.41) is 3.22. The molecule has 0 saturated carbocycles. The van der Waals surface area contributed by atoms with Gasteiger partial charge in [-0.1, -0.05) is 35.9 Å². The maximum atomic E-state index is 13.0. The van der Waals surface area contributed by atoms with Crippen molar-refractivity contribution < 1.29 is 27.5 Å². The summed E-state index contributed by atoms with van der Waals surface area (Å²) in [5.41, 5.74) is 9.42. The van der Waals surface area contributed by atoms with Crippen LogP contribution in [0.4, 0.5) is 16.4 Å². The average molecular weight is 517 g/mol. The largest absolute Gasteiger partial charge is 0.466 e. The van der Waals surface area contributed by atoms with Crippen molar-refractivity contribution in [3.8, 4) is 0 Å². The zero-order chi connectivity index (χ0) is 25.6. The number of hydrogen-bond acceptors (Lipinski definition) is 9. The van der Waals surface area contributed by atoms with Gasteiger partial charge in [-0.3, -0.25) is 19.8 Å². The van der Waals surface area contributed by atoms with Gasteiger partial charge in [0.1, 0.15) is 11.4 Å². The quantitative estimate of drug-likeness (QED) is 0.139. The van der Waals surface area contributed by atoms with Crippen molar-refractivity contribution in [3.05, 3.63) is 70.6 Å². The first-order valence-electron chi connectivity index (χ1n) is 10.4. The topological polar surface area (TPSA) is 157 Å². The molecular weight excluding hydrogens is 492 g/mol. The fourth-order valence-corrected chi connectivity index (χ4v) is 4.91. The van der Waals surface area contributed by atoms with Crippen molar-refractivity contribution >= 4 is 55.4 Å². The number of sulfonamides is 1. The van der Waals surface area contributed by atoms with Crippen LogP contribution < -0.4 is 21.3 Å². The van der Waals surface area contributed by atoms with E-state index in [2.05, 4.69) is 10.7 Å². The standard InChI is InChI=1S/C23H24N4O6S2/c1-3-33-18(29)13-17(28)21-20(24)19(23(34-21)25-15-7-5-4-6-8-15)22(30)26-27-35(31,32)16-11-9-14(2)10-12-16/h4-12,25,27H,3,13,24H2,1-2H3,(H,26,30). The van der Waals surface area contributed by atoms with E-state index in [4.69, 9.17) is 10.5 Å². The molecule has 0 saturated heterocycles. The third-order valence-electron chi connectivity index (χ3n) is 4.70. The van der Waals surface area contributed by atoms with Gasteiger partial charge in [-0.15, -0.1) is 16.2 Å². The highest BCUT2D eigenvalue weighted by atomic mass is 32.2. The van der Waals surface area contributed by atoms with Gasteiger partial charge in [-0.25, -0.2) is 8.42 Å². The summed E-state index contributed by atoms with van der Waals surface area (Å²) in [7, 11) is -4.06. The highest BCUT2D eigenvalue weighted by Gasteiger charge is 2.28. The number of Topliss-reactive ketones (excluding diaryl/α,β-unsaturated/α-hetero) is 1. The molecule has 10 nitrogen and oxygen atoms in total. The molecule has 1 amide bonds. The van der Waals surface area contributed by atoms with E-state index in [0.29, 0.717) is 5.69 Å². The molecule has 35 heavy (non-hydrogen) atoms. The van der Waals surface area contributed by atoms with Gasteiger partial charge in [0.15, 0.2) is 5.78 Å². The van der Waals surface area contributed by atoms with E-state index in [9.17, 15) is 22.8 Å². The minimum atomic E-state index is -4.06. The minimum absolute atomic E-state index is 0.0250. The summed E-state index contributed by atoms with van der Waals surface area (Å²) in [6.45, 7) is 3.54. The van der Waals surface area contributed by atoms with Crippen molar-refractivity contribution in [2.75, 3.05) is 17.7 Å². The molecular formula is C23H24N4O6S2. The second-order valence-corrected chi connectivity index (χ2v) is 10.0. The number of amides is 1. The zero-order valence-electron chi connectivity index (χ0n) is 19.0. The van der Waals surface area contributed by atoms with Crippen LogP contribution in [0, 0.1) is 6.92 Å². The lowest BCUT2D eigenvalue weighted by Crippen LogP contribution is -2.41. The molecule has 0 bridgehead atoms. The Morgan fingerprint density at radius 3 is 2.31 bits per heavy atom. The molecule has 1 aromatic heterocycles. The fourth-order valence-electron chi connectivity index (χ4n) is 2.99. The van der Waals surface area contributed by atoms with E-state index in [1.807, 2.05) is 11.8 Å². The molecule has 0 aliphatic heterocycles. The summed E-state index contributed by atoms with van der Waals surface area (Å²) < 4.78 is 29.9. The minimum Gasteiger partial charge on any atom is -0.466 e. The van der Waals surface area contributed by atoms with Gasteiger partial charge in [-0.2, -0.15) is 0 Å². The molecule has 3 aromatic rings. The predicted octanol–water partition coefficient (Wildman–Crippen LogP) is 3.14. The molecule has 0 aliphatic carbocycles. The molecule has 0 radical (unpaired) electrons. The molecule has 0 fully saturated rings. The number of carbonyl (C=O) groups is 3.